The Morgan fingerprint density at radius 1 is 1.28 bits per heavy atom. The molecule has 0 saturated carbocycles. The Kier molecular flexibility index (Phi) is 6.29. The summed E-state index contributed by atoms with van der Waals surface area (Å²) in [7, 11) is 0. The topological polar surface area (TPSA) is 34.4 Å². The number of thiazole rings is 1. The van der Waals surface area contributed by atoms with Crippen LogP contribution in [0.2, 0.25) is 0 Å². The second-order valence-electron chi connectivity index (χ2n) is 5.38. The van der Waals surface area contributed by atoms with E-state index >= 15 is 0 Å². The number of carbonyl (C=O) groups excluding carboxylic acids is 1. The fraction of sp³-hybridized carbons (Fsp3) is 0.158. The Balaban J connectivity index is 1.78. The van der Waals surface area contributed by atoms with E-state index in [-0.39, 0.29) is 5.91 Å². The summed E-state index contributed by atoms with van der Waals surface area (Å²) in [6.45, 7) is 4.44. The zero-order valence-electron chi connectivity index (χ0n) is 13.5. The minimum atomic E-state index is -0.107. The average molecular weight is 433 g/mol. The van der Waals surface area contributed by atoms with Gasteiger partial charge in [0.05, 0.1) is 16.0 Å². The monoisotopic (exact) mass is 432 g/mol. The van der Waals surface area contributed by atoms with Gasteiger partial charge in [-0.1, -0.05) is 63.7 Å². The summed E-state index contributed by atoms with van der Waals surface area (Å²) in [6, 6.07) is 16.2. The Hall–Kier alpha value is -1.63. The van der Waals surface area contributed by atoms with Crippen molar-refractivity contribution in [1.29, 1.82) is 0 Å². The van der Waals surface area contributed by atoms with Crippen molar-refractivity contribution >= 4 is 55.2 Å². The van der Waals surface area contributed by atoms with Gasteiger partial charge in [-0.15, -0.1) is 18.3 Å². The molecule has 0 spiro atoms. The van der Waals surface area contributed by atoms with Crippen LogP contribution in [0.25, 0.3) is 10.2 Å². The molecule has 0 bridgehead atoms. The zero-order chi connectivity index (χ0) is 17.6. The first-order valence-corrected chi connectivity index (χ1v) is 10.5. The van der Waals surface area contributed by atoms with E-state index in [0.29, 0.717) is 12.3 Å². The van der Waals surface area contributed by atoms with Crippen LogP contribution in [0.1, 0.15) is 5.56 Å². The maximum absolute atomic E-state index is 12.3. The molecule has 0 aliphatic rings. The molecule has 1 amide bonds. The van der Waals surface area contributed by atoms with Crippen LogP contribution < -0.4 is 4.80 Å². The number of carbonyl (C=O) groups is 1. The van der Waals surface area contributed by atoms with Crippen LogP contribution in [-0.4, -0.2) is 16.2 Å². The normalized spacial score (nSPS) is 11.8. The van der Waals surface area contributed by atoms with Crippen molar-refractivity contribution in [2.75, 3.05) is 5.75 Å². The van der Waals surface area contributed by atoms with E-state index in [2.05, 4.69) is 39.6 Å². The van der Waals surface area contributed by atoms with Gasteiger partial charge in [-0.3, -0.25) is 4.79 Å². The van der Waals surface area contributed by atoms with Gasteiger partial charge in [0.1, 0.15) is 0 Å². The van der Waals surface area contributed by atoms with Crippen LogP contribution in [-0.2, 0) is 17.1 Å². The van der Waals surface area contributed by atoms with Gasteiger partial charge >= 0.3 is 0 Å². The SMILES string of the molecule is C=CCn1c(=NC(=O)CSCc2ccccc2)sc2cc(Br)ccc21. The summed E-state index contributed by atoms with van der Waals surface area (Å²) in [6.07, 6.45) is 1.82. The highest BCUT2D eigenvalue weighted by Crippen LogP contribution is 2.22. The Morgan fingerprint density at radius 3 is 2.84 bits per heavy atom. The van der Waals surface area contributed by atoms with Gasteiger partial charge in [0, 0.05) is 16.8 Å². The van der Waals surface area contributed by atoms with Crippen molar-refractivity contribution in [2.24, 2.45) is 4.99 Å². The van der Waals surface area contributed by atoms with E-state index in [1.165, 1.54) is 16.9 Å². The number of hydrogen-bond donors (Lipinski definition) is 0. The molecule has 3 rings (SSSR count). The number of amides is 1. The molecule has 0 saturated heterocycles. The molecule has 0 fully saturated rings. The second-order valence-corrected chi connectivity index (χ2v) is 8.29. The van der Waals surface area contributed by atoms with Crippen molar-refractivity contribution < 1.29 is 4.79 Å². The van der Waals surface area contributed by atoms with E-state index in [1.807, 2.05) is 47.0 Å². The zero-order valence-corrected chi connectivity index (χ0v) is 16.7. The van der Waals surface area contributed by atoms with Crippen LogP contribution >= 0.6 is 39.0 Å². The predicted octanol–water partition coefficient (Wildman–Crippen LogP) is 5.01. The molecule has 0 N–H and O–H groups in total. The molecule has 2 aromatic carbocycles. The summed E-state index contributed by atoms with van der Waals surface area (Å²) in [5.74, 6) is 1.08. The molecule has 1 heterocycles. The minimum Gasteiger partial charge on any atom is -0.313 e. The first-order valence-electron chi connectivity index (χ1n) is 7.76. The van der Waals surface area contributed by atoms with Crippen LogP contribution in [0.4, 0.5) is 0 Å². The van der Waals surface area contributed by atoms with Crippen LogP contribution in [0.5, 0.6) is 0 Å². The van der Waals surface area contributed by atoms with E-state index in [4.69, 9.17) is 0 Å². The van der Waals surface area contributed by atoms with Gasteiger partial charge < -0.3 is 4.57 Å². The highest BCUT2D eigenvalue weighted by molar-refractivity contribution is 9.10. The van der Waals surface area contributed by atoms with E-state index in [0.717, 1.165) is 25.2 Å². The van der Waals surface area contributed by atoms with Crippen molar-refractivity contribution in [3.8, 4) is 0 Å². The molecule has 0 radical (unpaired) electrons. The van der Waals surface area contributed by atoms with Crippen molar-refractivity contribution in [2.45, 2.75) is 12.3 Å². The van der Waals surface area contributed by atoms with Gasteiger partial charge in [-0.2, -0.15) is 4.99 Å². The molecule has 0 atom stereocenters. The van der Waals surface area contributed by atoms with Crippen molar-refractivity contribution in [3.63, 3.8) is 0 Å². The van der Waals surface area contributed by atoms with Gasteiger partial charge in [0.2, 0.25) is 0 Å². The molecular weight excluding hydrogens is 416 g/mol. The van der Waals surface area contributed by atoms with Crippen molar-refractivity contribution in [1.82, 2.24) is 4.57 Å². The molecule has 25 heavy (non-hydrogen) atoms. The summed E-state index contributed by atoms with van der Waals surface area (Å²) in [5, 5.41) is 0. The van der Waals surface area contributed by atoms with Crippen LogP contribution in [0.3, 0.4) is 0 Å². The molecule has 3 aromatic rings. The lowest BCUT2D eigenvalue weighted by atomic mass is 10.2. The smallest absolute Gasteiger partial charge is 0.258 e. The number of fused-ring (bicyclic) bond motifs is 1. The highest BCUT2D eigenvalue weighted by atomic mass is 79.9. The lowest BCUT2D eigenvalue weighted by Gasteiger charge is -2.01. The first-order chi connectivity index (χ1) is 12.2. The number of hydrogen-bond acceptors (Lipinski definition) is 3. The lowest BCUT2D eigenvalue weighted by molar-refractivity contribution is -0.115. The minimum absolute atomic E-state index is 0.107. The predicted molar refractivity (Wildman–Crippen MR) is 111 cm³/mol. The second kappa shape index (κ2) is 8.65. The fourth-order valence-electron chi connectivity index (χ4n) is 2.41. The fourth-order valence-corrected chi connectivity index (χ4v) is 4.79. The number of benzene rings is 2. The van der Waals surface area contributed by atoms with Crippen LogP contribution in [0.15, 0.2) is 70.7 Å². The molecule has 3 nitrogen and oxygen atoms in total. The lowest BCUT2D eigenvalue weighted by Crippen LogP contribution is -2.16. The summed E-state index contributed by atoms with van der Waals surface area (Å²) >= 11 is 6.60. The average Bonchev–Trinajstić information content (AvgIpc) is 2.92. The third-order valence-corrected chi connectivity index (χ3v) is 6.04. The van der Waals surface area contributed by atoms with Gasteiger partial charge in [0.15, 0.2) is 4.80 Å². The summed E-state index contributed by atoms with van der Waals surface area (Å²) in [4.78, 5) is 17.3. The first kappa shape index (κ1) is 18.2. The number of allylic oxidation sites excluding steroid dienone is 1. The van der Waals surface area contributed by atoms with Gasteiger partial charge in [-0.05, 0) is 23.8 Å². The molecule has 0 unspecified atom stereocenters. The van der Waals surface area contributed by atoms with E-state index < -0.39 is 0 Å². The number of thioether (sulfide) groups is 1. The van der Waals surface area contributed by atoms with Crippen LogP contribution in [0, 0.1) is 0 Å². The maximum atomic E-state index is 12.3. The molecule has 128 valence electrons. The van der Waals surface area contributed by atoms with Gasteiger partial charge in [-0.25, -0.2) is 0 Å². The molecular formula is C19H17BrN2OS2. The van der Waals surface area contributed by atoms with Crippen molar-refractivity contribution in [3.05, 3.63) is 76.0 Å². The van der Waals surface area contributed by atoms with E-state index in [1.54, 1.807) is 11.8 Å². The molecule has 0 aliphatic heterocycles. The number of halogens is 1. The third kappa shape index (κ3) is 4.71. The highest BCUT2D eigenvalue weighted by Gasteiger charge is 2.08. The summed E-state index contributed by atoms with van der Waals surface area (Å²) < 4.78 is 4.14. The number of nitrogens with zero attached hydrogens (tertiary/aromatic N) is 2. The Bertz CT molecular complexity index is 960. The Morgan fingerprint density at radius 2 is 2.08 bits per heavy atom. The third-order valence-electron chi connectivity index (χ3n) is 3.51. The number of aromatic nitrogens is 1. The molecule has 1 aromatic heterocycles. The largest absolute Gasteiger partial charge is 0.313 e. The Labute approximate surface area is 163 Å². The maximum Gasteiger partial charge on any atom is 0.258 e. The number of rotatable bonds is 6. The standard InChI is InChI=1S/C19H17BrN2OS2/c1-2-10-22-16-9-8-15(20)11-17(16)25-19(22)21-18(23)13-24-12-14-6-4-3-5-7-14/h2-9,11H,1,10,12-13H2. The quantitative estimate of drug-likeness (QED) is 0.512. The molecule has 0 aliphatic carbocycles. The molecule has 6 heteroatoms. The summed E-state index contributed by atoms with van der Waals surface area (Å²) in [5.41, 5.74) is 2.28. The van der Waals surface area contributed by atoms with Gasteiger partial charge in [0.25, 0.3) is 5.91 Å². The van der Waals surface area contributed by atoms with E-state index in [9.17, 15) is 4.79 Å².